The molecule has 0 nitrogen and oxygen atoms in total. The van der Waals surface area contributed by atoms with Gasteiger partial charge in [0, 0.05) is 20.3 Å². The molecule has 0 N–H and O–H groups in total. The molecule has 10 heavy (non-hydrogen) atoms. The van der Waals surface area contributed by atoms with Crippen LogP contribution < -0.4 is 0 Å². The van der Waals surface area contributed by atoms with Crippen LogP contribution in [-0.2, 0) is 6.04 Å². The second-order valence-corrected chi connectivity index (χ2v) is 3.64. The van der Waals surface area contributed by atoms with Gasteiger partial charge in [0.1, 0.15) is 0 Å². The van der Waals surface area contributed by atoms with Crippen LogP contribution in [0.4, 0.5) is 0 Å². The predicted molar refractivity (Wildman–Crippen MR) is 50.1 cm³/mol. The molecular weight excluding hydrogens is 183 g/mol. The molecule has 0 unspecified atom stereocenters. The summed E-state index contributed by atoms with van der Waals surface area (Å²) in [7, 11) is 1.13. The Balaban J connectivity index is 3.09. The summed E-state index contributed by atoms with van der Waals surface area (Å²) in [4.78, 5) is 0. The lowest BCUT2D eigenvalue weighted by molar-refractivity contribution is 1.40. The summed E-state index contributed by atoms with van der Waals surface area (Å²) < 4.78 is 0. The van der Waals surface area contributed by atoms with Gasteiger partial charge in [0.2, 0.25) is 0 Å². The SMILES string of the molecule is [SiH3]Cc1cc(Cl)ccc1Cl. The topological polar surface area (TPSA) is 0 Å². The van der Waals surface area contributed by atoms with Crippen LogP contribution in [-0.4, -0.2) is 10.2 Å². The normalized spacial score (nSPS) is 10.2. The fourth-order valence-corrected chi connectivity index (χ4v) is 2.07. The minimum atomic E-state index is 0.773. The molecule has 1 rings (SSSR count). The minimum absolute atomic E-state index is 0.773. The Hall–Kier alpha value is 0.0169. The standard InChI is InChI=1S/C7H8Cl2Si/c8-6-1-2-7(9)5(3-6)4-10/h1-3H,4H2,10H3. The van der Waals surface area contributed by atoms with E-state index in [9.17, 15) is 0 Å². The Morgan fingerprint density at radius 1 is 1.30 bits per heavy atom. The predicted octanol–water partition coefficient (Wildman–Crippen LogP) is 1.86. The van der Waals surface area contributed by atoms with Gasteiger partial charge >= 0.3 is 0 Å². The highest BCUT2D eigenvalue weighted by Gasteiger charge is 1.96. The van der Waals surface area contributed by atoms with Gasteiger partial charge in [-0.1, -0.05) is 23.2 Å². The van der Waals surface area contributed by atoms with Crippen LogP contribution in [0, 0.1) is 0 Å². The van der Waals surface area contributed by atoms with Crippen molar-refractivity contribution in [2.24, 2.45) is 0 Å². The molecule has 0 radical (unpaired) electrons. The van der Waals surface area contributed by atoms with Crippen molar-refractivity contribution in [3.8, 4) is 0 Å². The number of halogens is 2. The smallest absolute Gasteiger partial charge is 0.0435 e. The molecular formula is C7H8Cl2Si. The van der Waals surface area contributed by atoms with Crippen LogP contribution in [0.3, 0.4) is 0 Å². The zero-order chi connectivity index (χ0) is 7.56. The van der Waals surface area contributed by atoms with Crippen LogP contribution >= 0.6 is 23.2 Å². The van der Waals surface area contributed by atoms with E-state index in [0.717, 1.165) is 26.3 Å². The molecule has 3 heteroatoms. The maximum absolute atomic E-state index is 5.86. The minimum Gasteiger partial charge on any atom is -0.0843 e. The van der Waals surface area contributed by atoms with Crippen molar-refractivity contribution < 1.29 is 0 Å². The number of rotatable bonds is 1. The highest BCUT2D eigenvalue weighted by atomic mass is 35.5. The van der Waals surface area contributed by atoms with E-state index in [1.807, 2.05) is 18.2 Å². The maximum Gasteiger partial charge on any atom is 0.0435 e. The van der Waals surface area contributed by atoms with Crippen molar-refractivity contribution in [3.05, 3.63) is 33.8 Å². The molecule has 0 amide bonds. The number of benzene rings is 1. The van der Waals surface area contributed by atoms with E-state index in [-0.39, 0.29) is 0 Å². The molecule has 1 aromatic carbocycles. The van der Waals surface area contributed by atoms with Gasteiger partial charge in [0.25, 0.3) is 0 Å². The largest absolute Gasteiger partial charge is 0.0843 e. The van der Waals surface area contributed by atoms with Crippen molar-refractivity contribution in [2.75, 3.05) is 0 Å². The third-order valence-corrected chi connectivity index (χ3v) is 2.75. The average Bonchev–Trinajstić information content (AvgIpc) is 1.94. The molecule has 0 spiro atoms. The van der Waals surface area contributed by atoms with Crippen molar-refractivity contribution >= 4 is 33.4 Å². The van der Waals surface area contributed by atoms with Gasteiger partial charge in [0.05, 0.1) is 0 Å². The fraction of sp³-hybridized carbons (Fsp3) is 0.143. The van der Waals surface area contributed by atoms with Crippen LogP contribution in [0.5, 0.6) is 0 Å². The van der Waals surface area contributed by atoms with Gasteiger partial charge in [-0.05, 0) is 29.8 Å². The molecule has 54 valence electrons. The maximum atomic E-state index is 5.86. The fourth-order valence-electron chi connectivity index (χ4n) is 0.814. The van der Waals surface area contributed by atoms with Gasteiger partial charge in [-0.3, -0.25) is 0 Å². The highest BCUT2D eigenvalue weighted by Crippen LogP contribution is 2.19. The molecule has 0 aliphatic carbocycles. The van der Waals surface area contributed by atoms with Gasteiger partial charge < -0.3 is 0 Å². The quantitative estimate of drug-likeness (QED) is 0.594. The molecule has 0 bridgehead atoms. The van der Waals surface area contributed by atoms with E-state index in [4.69, 9.17) is 23.2 Å². The number of hydrogen-bond donors (Lipinski definition) is 0. The summed E-state index contributed by atoms with van der Waals surface area (Å²) in [6, 6.07) is 6.65. The van der Waals surface area contributed by atoms with Crippen LogP contribution in [0.2, 0.25) is 10.0 Å². The average molecular weight is 191 g/mol. The first-order valence-electron chi connectivity index (χ1n) is 3.18. The molecule has 0 aliphatic heterocycles. The Morgan fingerprint density at radius 2 is 2.00 bits per heavy atom. The first-order chi connectivity index (χ1) is 4.74. The van der Waals surface area contributed by atoms with Gasteiger partial charge in [-0.25, -0.2) is 0 Å². The molecule has 0 saturated carbocycles. The van der Waals surface area contributed by atoms with Crippen molar-refractivity contribution in [1.29, 1.82) is 0 Å². The third-order valence-electron chi connectivity index (χ3n) is 1.39. The summed E-state index contributed by atoms with van der Waals surface area (Å²) in [5.41, 5.74) is 1.17. The van der Waals surface area contributed by atoms with E-state index in [1.54, 1.807) is 0 Å². The van der Waals surface area contributed by atoms with E-state index >= 15 is 0 Å². The van der Waals surface area contributed by atoms with E-state index < -0.39 is 0 Å². The molecule has 0 saturated heterocycles. The summed E-state index contributed by atoms with van der Waals surface area (Å²) >= 11 is 11.6. The first-order valence-corrected chi connectivity index (χ1v) is 5.35. The van der Waals surface area contributed by atoms with E-state index in [1.165, 1.54) is 5.56 Å². The zero-order valence-electron chi connectivity index (χ0n) is 5.70. The van der Waals surface area contributed by atoms with Gasteiger partial charge in [0.15, 0.2) is 0 Å². The lowest BCUT2D eigenvalue weighted by atomic mass is 10.2. The summed E-state index contributed by atoms with van der Waals surface area (Å²) in [6.07, 6.45) is 0. The monoisotopic (exact) mass is 190 g/mol. The van der Waals surface area contributed by atoms with Crippen molar-refractivity contribution in [1.82, 2.24) is 0 Å². The molecule has 0 aromatic heterocycles. The van der Waals surface area contributed by atoms with Gasteiger partial charge in [-0.2, -0.15) is 0 Å². The van der Waals surface area contributed by atoms with Crippen molar-refractivity contribution in [3.63, 3.8) is 0 Å². The van der Waals surface area contributed by atoms with Crippen LogP contribution in [0.15, 0.2) is 18.2 Å². The molecule has 0 atom stereocenters. The molecule has 1 aromatic rings. The first kappa shape index (κ1) is 8.12. The van der Waals surface area contributed by atoms with E-state index in [0.29, 0.717) is 0 Å². The number of hydrogen-bond acceptors (Lipinski definition) is 0. The Labute approximate surface area is 73.6 Å². The lowest BCUT2D eigenvalue weighted by Gasteiger charge is -1.99. The Kier molecular flexibility index (Phi) is 2.78. The highest BCUT2D eigenvalue weighted by molar-refractivity contribution is 6.34. The second kappa shape index (κ2) is 3.42. The molecule has 0 aliphatic rings. The van der Waals surface area contributed by atoms with E-state index in [2.05, 4.69) is 0 Å². The van der Waals surface area contributed by atoms with Crippen molar-refractivity contribution in [2.45, 2.75) is 6.04 Å². The van der Waals surface area contributed by atoms with Crippen LogP contribution in [0.1, 0.15) is 5.56 Å². The summed E-state index contributed by atoms with van der Waals surface area (Å²) in [5, 5.41) is 1.61. The molecule has 0 fully saturated rings. The lowest BCUT2D eigenvalue weighted by Crippen LogP contribution is -1.84. The second-order valence-electron chi connectivity index (χ2n) is 2.09. The summed E-state index contributed by atoms with van der Waals surface area (Å²) in [6.45, 7) is 0. The zero-order valence-corrected chi connectivity index (χ0v) is 9.21. The Morgan fingerprint density at radius 3 is 2.50 bits per heavy atom. The summed E-state index contributed by atoms with van der Waals surface area (Å²) in [5.74, 6) is 0. The Bertz CT molecular complexity index is 235. The third kappa shape index (κ3) is 1.75. The molecule has 0 heterocycles. The van der Waals surface area contributed by atoms with Crippen LogP contribution in [0.25, 0.3) is 0 Å². The van der Waals surface area contributed by atoms with Gasteiger partial charge in [-0.15, -0.1) is 0 Å².